The van der Waals surface area contributed by atoms with Gasteiger partial charge in [-0.25, -0.2) is 9.97 Å². The van der Waals surface area contributed by atoms with Crippen molar-refractivity contribution in [1.29, 1.82) is 0 Å². The summed E-state index contributed by atoms with van der Waals surface area (Å²) in [5.41, 5.74) is 5.09. The molecule has 0 unspecified atom stereocenters. The number of benzene rings is 1. The normalized spacial score (nSPS) is 14.1. The van der Waals surface area contributed by atoms with Crippen LogP contribution in [0.2, 0.25) is 0 Å². The van der Waals surface area contributed by atoms with Crippen LogP contribution in [0.1, 0.15) is 17.5 Å². The Hall–Kier alpha value is -2.10. The molecule has 0 amide bonds. The van der Waals surface area contributed by atoms with Crippen molar-refractivity contribution in [3.05, 3.63) is 48.0 Å². The lowest BCUT2D eigenvalue weighted by atomic mass is 9.99. The molecule has 1 aromatic heterocycles. The van der Waals surface area contributed by atoms with Gasteiger partial charge < -0.3 is 10.2 Å². The fourth-order valence-corrected chi connectivity index (χ4v) is 2.54. The van der Waals surface area contributed by atoms with E-state index in [1.54, 1.807) is 18.7 Å². The average Bonchev–Trinajstić information content (AvgIpc) is 2.46. The molecule has 1 aliphatic heterocycles. The zero-order chi connectivity index (χ0) is 13.1. The van der Waals surface area contributed by atoms with Gasteiger partial charge >= 0.3 is 0 Å². The lowest BCUT2D eigenvalue weighted by molar-refractivity contribution is 0.743. The molecule has 19 heavy (non-hydrogen) atoms. The van der Waals surface area contributed by atoms with Crippen molar-refractivity contribution in [3.63, 3.8) is 0 Å². The maximum absolute atomic E-state index is 4.00. The van der Waals surface area contributed by atoms with Crippen LogP contribution in [0.3, 0.4) is 0 Å². The van der Waals surface area contributed by atoms with Gasteiger partial charge in [0.15, 0.2) is 0 Å². The number of nitrogens with one attached hydrogen (secondary N) is 1. The summed E-state index contributed by atoms with van der Waals surface area (Å²) in [6.45, 7) is 1.97. The molecule has 0 aliphatic carbocycles. The monoisotopic (exact) mass is 254 g/mol. The van der Waals surface area contributed by atoms with Crippen LogP contribution < -0.4 is 10.2 Å². The number of fused-ring (bicyclic) bond motifs is 1. The van der Waals surface area contributed by atoms with Crippen LogP contribution in [0.5, 0.6) is 0 Å². The van der Waals surface area contributed by atoms with E-state index in [1.165, 1.54) is 29.7 Å². The lowest BCUT2D eigenvalue weighted by Gasteiger charge is -2.27. The highest BCUT2D eigenvalue weighted by Gasteiger charge is 2.13. The summed E-state index contributed by atoms with van der Waals surface area (Å²) in [6.07, 6.45) is 7.55. The molecule has 1 aromatic carbocycles. The van der Waals surface area contributed by atoms with Crippen LogP contribution in [-0.4, -0.2) is 23.6 Å². The third kappa shape index (κ3) is 2.67. The maximum atomic E-state index is 4.00. The summed E-state index contributed by atoms with van der Waals surface area (Å²) < 4.78 is 0. The van der Waals surface area contributed by atoms with E-state index in [0.717, 1.165) is 18.8 Å². The first-order valence-electron chi connectivity index (χ1n) is 6.65. The molecule has 0 spiro atoms. The van der Waals surface area contributed by atoms with Gasteiger partial charge in [0.05, 0.1) is 18.1 Å². The molecular weight excluding hydrogens is 236 g/mol. The molecule has 0 saturated carbocycles. The topological polar surface area (TPSA) is 41.0 Å². The van der Waals surface area contributed by atoms with E-state index in [2.05, 4.69) is 45.4 Å². The highest BCUT2D eigenvalue weighted by Crippen LogP contribution is 2.26. The Balaban J connectivity index is 1.72. The van der Waals surface area contributed by atoms with Crippen LogP contribution >= 0.6 is 0 Å². The molecule has 4 nitrogen and oxygen atoms in total. The molecule has 3 rings (SSSR count). The van der Waals surface area contributed by atoms with Crippen LogP contribution in [0.25, 0.3) is 0 Å². The molecule has 1 N–H and O–H groups in total. The number of aryl methyl sites for hydroxylation is 1. The minimum atomic E-state index is 0.810. The van der Waals surface area contributed by atoms with Gasteiger partial charge in [0.25, 0.3) is 0 Å². The van der Waals surface area contributed by atoms with Gasteiger partial charge in [-0.3, -0.25) is 0 Å². The fourth-order valence-electron chi connectivity index (χ4n) is 2.54. The lowest BCUT2D eigenvalue weighted by Crippen LogP contribution is -2.24. The Kier molecular flexibility index (Phi) is 3.31. The predicted octanol–water partition coefficient (Wildman–Crippen LogP) is 2.47. The smallest absolute Gasteiger partial charge is 0.115 e. The largest absolute Gasteiger partial charge is 0.378 e. The highest BCUT2D eigenvalue weighted by atomic mass is 15.1. The second-order valence-corrected chi connectivity index (χ2v) is 4.97. The molecule has 0 atom stereocenters. The first-order valence-corrected chi connectivity index (χ1v) is 6.65. The summed E-state index contributed by atoms with van der Waals surface area (Å²) in [5, 5.41) is 3.34. The number of anilines is 2. The number of hydrogen-bond donors (Lipinski definition) is 1. The third-order valence-electron chi connectivity index (χ3n) is 3.55. The highest BCUT2D eigenvalue weighted by molar-refractivity contribution is 5.56. The van der Waals surface area contributed by atoms with Crippen molar-refractivity contribution in [2.75, 3.05) is 23.8 Å². The SMILES string of the molecule is CN1CCCc2cc(CNc3cncnc3)ccc21. The van der Waals surface area contributed by atoms with E-state index in [9.17, 15) is 0 Å². The van der Waals surface area contributed by atoms with Crippen molar-refractivity contribution < 1.29 is 0 Å². The van der Waals surface area contributed by atoms with Gasteiger partial charge in [0, 0.05) is 25.8 Å². The molecule has 0 fully saturated rings. The van der Waals surface area contributed by atoms with Gasteiger partial charge in [-0.15, -0.1) is 0 Å². The van der Waals surface area contributed by atoms with E-state index in [1.807, 2.05) is 0 Å². The molecule has 4 heteroatoms. The van der Waals surface area contributed by atoms with Crippen molar-refractivity contribution in [3.8, 4) is 0 Å². The first-order chi connectivity index (χ1) is 9.33. The maximum Gasteiger partial charge on any atom is 0.115 e. The summed E-state index contributed by atoms with van der Waals surface area (Å²) in [4.78, 5) is 10.3. The zero-order valence-electron chi connectivity index (χ0n) is 11.1. The Morgan fingerprint density at radius 3 is 2.95 bits per heavy atom. The Morgan fingerprint density at radius 1 is 1.26 bits per heavy atom. The van der Waals surface area contributed by atoms with E-state index in [0.29, 0.717) is 0 Å². The van der Waals surface area contributed by atoms with E-state index >= 15 is 0 Å². The molecule has 0 bridgehead atoms. The molecular formula is C15H18N4. The van der Waals surface area contributed by atoms with Crippen LogP contribution in [0, 0.1) is 0 Å². The second kappa shape index (κ2) is 5.26. The molecule has 1 aliphatic rings. The molecule has 2 heterocycles. The van der Waals surface area contributed by atoms with E-state index in [-0.39, 0.29) is 0 Å². The quantitative estimate of drug-likeness (QED) is 0.913. The molecule has 2 aromatic rings. The number of aromatic nitrogens is 2. The Bertz CT molecular complexity index is 553. The molecule has 98 valence electrons. The zero-order valence-corrected chi connectivity index (χ0v) is 11.1. The summed E-state index contributed by atoms with van der Waals surface area (Å²) in [6, 6.07) is 6.73. The summed E-state index contributed by atoms with van der Waals surface area (Å²) >= 11 is 0. The van der Waals surface area contributed by atoms with Crippen molar-refractivity contribution in [2.24, 2.45) is 0 Å². The fraction of sp³-hybridized carbons (Fsp3) is 0.333. The summed E-state index contributed by atoms with van der Waals surface area (Å²) in [7, 11) is 2.16. The van der Waals surface area contributed by atoms with Gasteiger partial charge in [0.1, 0.15) is 6.33 Å². The van der Waals surface area contributed by atoms with E-state index in [4.69, 9.17) is 0 Å². The third-order valence-corrected chi connectivity index (χ3v) is 3.55. The van der Waals surface area contributed by atoms with Crippen LogP contribution in [-0.2, 0) is 13.0 Å². The first kappa shape index (κ1) is 12.0. The van der Waals surface area contributed by atoms with E-state index < -0.39 is 0 Å². The van der Waals surface area contributed by atoms with Crippen LogP contribution in [0.4, 0.5) is 11.4 Å². The molecule has 0 radical (unpaired) electrons. The Morgan fingerprint density at radius 2 is 2.11 bits per heavy atom. The van der Waals surface area contributed by atoms with Crippen LogP contribution in [0.15, 0.2) is 36.9 Å². The average molecular weight is 254 g/mol. The second-order valence-electron chi connectivity index (χ2n) is 4.97. The minimum absolute atomic E-state index is 0.810. The van der Waals surface area contributed by atoms with Gasteiger partial charge in [0.2, 0.25) is 0 Å². The van der Waals surface area contributed by atoms with Gasteiger partial charge in [-0.05, 0) is 30.0 Å². The van der Waals surface area contributed by atoms with Gasteiger partial charge in [-0.1, -0.05) is 12.1 Å². The van der Waals surface area contributed by atoms with Crippen molar-refractivity contribution >= 4 is 11.4 Å². The molecule has 0 saturated heterocycles. The number of nitrogens with zero attached hydrogens (tertiary/aromatic N) is 3. The summed E-state index contributed by atoms with van der Waals surface area (Å²) in [5.74, 6) is 0. The number of hydrogen-bond acceptors (Lipinski definition) is 4. The predicted molar refractivity (Wildman–Crippen MR) is 77.4 cm³/mol. The minimum Gasteiger partial charge on any atom is -0.378 e. The standard InChI is InChI=1S/C15H18N4/c1-19-6-2-3-13-7-12(4-5-15(13)19)8-18-14-9-16-11-17-10-14/h4-5,7,9-11,18H,2-3,6,8H2,1H3. The van der Waals surface area contributed by atoms with Gasteiger partial charge in [-0.2, -0.15) is 0 Å². The van der Waals surface area contributed by atoms with Crippen molar-refractivity contribution in [1.82, 2.24) is 9.97 Å². The van der Waals surface area contributed by atoms with Crippen molar-refractivity contribution in [2.45, 2.75) is 19.4 Å². The number of rotatable bonds is 3. The Labute approximate surface area is 113 Å².